The van der Waals surface area contributed by atoms with Gasteiger partial charge in [-0.3, -0.25) is 4.79 Å². The van der Waals surface area contributed by atoms with E-state index in [1.807, 2.05) is 18.4 Å². The quantitative estimate of drug-likeness (QED) is 0.834. The monoisotopic (exact) mass is 297 g/mol. The Morgan fingerprint density at radius 3 is 2.79 bits per heavy atom. The van der Waals surface area contributed by atoms with Gasteiger partial charge >= 0.3 is 0 Å². The molecular formula is C14H13ClFNOS. The molecule has 0 saturated carbocycles. The van der Waals surface area contributed by atoms with E-state index >= 15 is 0 Å². The molecule has 100 valence electrons. The fraction of sp³-hybridized carbons (Fsp3) is 0.214. The lowest BCUT2D eigenvalue weighted by Crippen LogP contribution is -2.26. The van der Waals surface area contributed by atoms with Crippen molar-refractivity contribution in [3.05, 3.63) is 56.5 Å². The Morgan fingerprint density at radius 1 is 1.42 bits per heavy atom. The summed E-state index contributed by atoms with van der Waals surface area (Å²) in [6, 6.07) is 5.99. The average Bonchev–Trinajstić information content (AvgIpc) is 2.77. The van der Waals surface area contributed by atoms with Crippen LogP contribution < -0.4 is 0 Å². The van der Waals surface area contributed by atoms with Gasteiger partial charge in [0.1, 0.15) is 5.82 Å². The highest BCUT2D eigenvalue weighted by molar-refractivity contribution is 7.10. The van der Waals surface area contributed by atoms with Crippen LogP contribution in [-0.2, 0) is 6.54 Å². The Morgan fingerprint density at radius 2 is 2.16 bits per heavy atom. The number of thiophene rings is 1. The fourth-order valence-corrected chi connectivity index (χ4v) is 2.85. The molecule has 1 aromatic heterocycles. The summed E-state index contributed by atoms with van der Waals surface area (Å²) in [6.07, 6.45) is 0. The highest BCUT2D eigenvalue weighted by Crippen LogP contribution is 2.20. The number of hydrogen-bond acceptors (Lipinski definition) is 2. The molecule has 2 rings (SSSR count). The zero-order valence-corrected chi connectivity index (χ0v) is 12.2. The first-order chi connectivity index (χ1) is 8.99. The number of aryl methyl sites for hydroxylation is 1. The van der Waals surface area contributed by atoms with Gasteiger partial charge in [0.25, 0.3) is 5.91 Å². The average molecular weight is 298 g/mol. The normalized spacial score (nSPS) is 10.5. The van der Waals surface area contributed by atoms with Crippen molar-refractivity contribution in [2.75, 3.05) is 7.05 Å². The lowest BCUT2D eigenvalue weighted by Gasteiger charge is -2.17. The summed E-state index contributed by atoms with van der Waals surface area (Å²) in [5.74, 6) is -0.919. The molecule has 0 N–H and O–H groups in total. The van der Waals surface area contributed by atoms with Crippen molar-refractivity contribution < 1.29 is 9.18 Å². The van der Waals surface area contributed by atoms with Crippen molar-refractivity contribution in [3.63, 3.8) is 0 Å². The number of carbonyl (C=O) groups excluding carboxylic acids is 1. The summed E-state index contributed by atoms with van der Waals surface area (Å²) in [6.45, 7) is 2.46. The molecule has 0 aliphatic carbocycles. The van der Waals surface area contributed by atoms with Gasteiger partial charge in [-0.1, -0.05) is 11.6 Å². The van der Waals surface area contributed by atoms with Crippen molar-refractivity contribution in [2.24, 2.45) is 0 Å². The second kappa shape index (κ2) is 5.72. The topological polar surface area (TPSA) is 20.3 Å². The first-order valence-corrected chi connectivity index (χ1v) is 6.98. The van der Waals surface area contributed by atoms with Gasteiger partial charge in [0.2, 0.25) is 0 Å². The minimum absolute atomic E-state index is 0.00390. The van der Waals surface area contributed by atoms with Crippen molar-refractivity contribution in [2.45, 2.75) is 13.5 Å². The van der Waals surface area contributed by atoms with Crippen LogP contribution in [-0.4, -0.2) is 17.9 Å². The van der Waals surface area contributed by atoms with Gasteiger partial charge in [0.15, 0.2) is 0 Å². The fourth-order valence-electron chi connectivity index (χ4n) is 1.72. The molecule has 0 radical (unpaired) electrons. The number of amides is 1. The minimum atomic E-state index is -0.552. The van der Waals surface area contributed by atoms with Gasteiger partial charge < -0.3 is 4.90 Å². The van der Waals surface area contributed by atoms with E-state index in [2.05, 4.69) is 0 Å². The van der Waals surface area contributed by atoms with E-state index < -0.39 is 5.82 Å². The van der Waals surface area contributed by atoms with Crippen LogP contribution in [0.15, 0.2) is 29.6 Å². The first kappa shape index (κ1) is 14.0. The highest BCUT2D eigenvalue weighted by Gasteiger charge is 2.17. The van der Waals surface area contributed by atoms with E-state index in [4.69, 9.17) is 11.6 Å². The highest BCUT2D eigenvalue weighted by atomic mass is 35.5. The summed E-state index contributed by atoms with van der Waals surface area (Å²) in [7, 11) is 1.65. The Labute approximate surface area is 120 Å². The maximum absolute atomic E-state index is 13.6. The number of hydrogen-bond donors (Lipinski definition) is 0. The van der Waals surface area contributed by atoms with Crippen LogP contribution in [0.2, 0.25) is 5.02 Å². The lowest BCUT2D eigenvalue weighted by atomic mass is 10.2. The number of carbonyl (C=O) groups is 1. The van der Waals surface area contributed by atoms with Gasteiger partial charge in [0.05, 0.1) is 12.1 Å². The Bertz CT molecular complexity index is 611. The predicted molar refractivity (Wildman–Crippen MR) is 76.3 cm³/mol. The van der Waals surface area contributed by atoms with E-state index in [0.717, 1.165) is 10.4 Å². The van der Waals surface area contributed by atoms with E-state index in [9.17, 15) is 9.18 Å². The third-order valence-corrected chi connectivity index (χ3v) is 4.10. The second-order valence-corrected chi connectivity index (χ2v) is 5.75. The zero-order valence-electron chi connectivity index (χ0n) is 10.6. The van der Waals surface area contributed by atoms with Crippen LogP contribution in [0, 0.1) is 12.7 Å². The first-order valence-electron chi connectivity index (χ1n) is 5.72. The molecule has 2 aromatic rings. The summed E-state index contributed by atoms with van der Waals surface area (Å²) in [4.78, 5) is 14.8. The van der Waals surface area contributed by atoms with Crippen LogP contribution in [0.1, 0.15) is 20.8 Å². The minimum Gasteiger partial charge on any atom is -0.336 e. The maximum Gasteiger partial charge on any atom is 0.256 e. The van der Waals surface area contributed by atoms with Crippen LogP contribution in [0.5, 0.6) is 0 Å². The molecule has 0 fully saturated rings. The third-order valence-electron chi connectivity index (χ3n) is 2.85. The number of rotatable bonds is 3. The van der Waals surface area contributed by atoms with Gasteiger partial charge in [-0.2, -0.15) is 0 Å². The zero-order chi connectivity index (χ0) is 14.0. The summed E-state index contributed by atoms with van der Waals surface area (Å²) < 4.78 is 13.6. The summed E-state index contributed by atoms with van der Waals surface area (Å²) >= 11 is 7.38. The molecular weight excluding hydrogens is 285 g/mol. The predicted octanol–water partition coefficient (Wildman–Crippen LogP) is 4.12. The van der Waals surface area contributed by atoms with Gasteiger partial charge in [-0.15, -0.1) is 11.3 Å². The van der Waals surface area contributed by atoms with E-state index in [0.29, 0.717) is 11.6 Å². The molecule has 1 amide bonds. The molecule has 0 aliphatic heterocycles. The van der Waals surface area contributed by atoms with Gasteiger partial charge in [0, 0.05) is 16.9 Å². The van der Waals surface area contributed by atoms with Crippen LogP contribution in [0.25, 0.3) is 0 Å². The maximum atomic E-state index is 13.6. The van der Waals surface area contributed by atoms with Gasteiger partial charge in [-0.25, -0.2) is 4.39 Å². The largest absolute Gasteiger partial charge is 0.336 e. The SMILES string of the molecule is Cc1ccsc1CN(C)C(=O)c1cc(Cl)ccc1F. The molecule has 0 bridgehead atoms. The van der Waals surface area contributed by atoms with Crippen molar-refractivity contribution >= 4 is 28.8 Å². The standard InChI is InChI=1S/C14H13ClFNOS/c1-9-5-6-19-13(9)8-17(2)14(18)11-7-10(15)3-4-12(11)16/h3-7H,8H2,1-2H3. The molecule has 0 saturated heterocycles. The Hall–Kier alpha value is -1.39. The number of halogens is 2. The molecule has 0 aliphatic rings. The lowest BCUT2D eigenvalue weighted by molar-refractivity contribution is 0.0781. The Kier molecular flexibility index (Phi) is 4.22. The molecule has 0 spiro atoms. The van der Waals surface area contributed by atoms with Crippen molar-refractivity contribution in [3.8, 4) is 0 Å². The number of nitrogens with zero attached hydrogens (tertiary/aromatic N) is 1. The third kappa shape index (κ3) is 3.14. The summed E-state index contributed by atoms with van der Waals surface area (Å²) in [5, 5.41) is 2.33. The van der Waals surface area contributed by atoms with Gasteiger partial charge in [-0.05, 0) is 42.1 Å². The van der Waals surface area contributed by atoms with Crippen LogP contribution in [0.3, 0.4) is 0 Å². The number of benzene rings is 1. The second-order valence-electron chi connectivity index (χ2n) is 4.31. The molecule has 1 heterocycles. The molecule has 1 aromatic carbocycles. The molecule has 2 nitrogen and oxygen atoms in total. The van der Waals surface area contributed by atoms with Crippen molar-refractivity contribution in [1.29, 1.82) is 0 Å². The van der Waals surface area contributed by atoms with E-state index in [1.165, 1.54) is 23.1 Å². The van der Waals surface area contributed by atoms with E-state index in [1.54, 1.807) is 18.4 Å². The summed E-state index contributed by atoms with van der Waals surface area (Å²) in [5.41, 5.74) is 1.14. The molecule has 19 heavy (non-hydrogen) atoms. The Balaban J connectivity index is 2.19. The molecule has 0 atom stereocenters. The van der Waals surface area contributed by atoms with Crippen LogP contribution >= 0.6 is 22.9 Å². The van der Waals surface area contributed by atoms with Crippen molar-refractivity contribution in [1.82, 2.24) is 4.90 Å². The molecule has 5 heteroatoms. The smallest absolute Gasteiger partial charge is 0.256 e. The molecule has 0 unspecified atom stereocenters. The van der Waals surface area contributed by atoms with E-state index in [-0.39, 0.29) is 11.5 Å². The van der Waals surface area contributed by atoms with Crippen LogP contribution in [0.4, 0.5) is 4.39 Å².